The number of ether oxygens (including phenoxy) is 1. The summed E-state index contributed by atoms with van der Waals surface area (Å²) in [7, 11) is 0. The third kappa shape index (κ3) is 4.67. The Bertz CT molecular complexity index is 346. The summed E-state index contributed by atoms with van der Waals surface area (Å²) in [6, 6.07) is 9.82. The summed E-state index contributed by atoms with van der Waals surface area (Å²) < 4.78 is 5.51. The molecule has 0 aromatic heterocycles. The molecular formula is C12H17N3O. The van der Waals surface area contributed by atoms with Crippen LogP contribution in [0.15, 0.2) is 24.3 Å². The van der Waals surface area contributed by atoms with E-state index in [0.29, 0.717) is 19.6 Å². The van der Waals surface area contributed by atoms with Gasteiger partial charge in [-0.05, 0) is 18.6 Å². The molecule has 0 saturated carbocycles. The van der Waals surface area contributed by atoms with Crippen molar-refractivity contribution >= 4 is 5.69 Å². The van der Waals surface area contributed by atoms with Crippen LogP contribution in [0.2, 0.25) is 0 Å². The molecule has 4 nitrogen and oxygen atoms in total. The summed E-state index contributed by atoms with van der Waals surface area (Å²) >= 11 is 0. The lowest BCUT2D eigenvalue weighted by Gasteiger charge is -2.08. The van der Waals surface area contributed by atoms with Crippen LogP contribution in [0.25, 0.3) is 0 Å². The third-order valence-corrected chi connectivity index (χ3v) is 2.01. The molecule has 0 saturated heterocycles. The minimum atomic E-state index is 0.533. The molecule has 1 rings (SSSR count). The molecule has 0 heterocycles. The molecule has 0 fully saturated rings. The summed E-state index contributed by atoms with van der Waals surface area (Å²) in [5.41, 5.74) is 6.41. The van der Waals surface area contributed by atoms with Gasteiger partial charge in [0.1, 0.15) is 5.75 Å². The lowest BCUT2D eigenvalue weighted by Crippen LogP contribution is -2.13. The van der Waals surface area contributed by atoms with Crippen LogP contribution < -0.4 is 15.8 Å². The van der Waals surface area contributed by atoms with Crippen molar-refractivity contribution < 1.29 is 4.74 Å². The van der Waals surface area contributed by atoms with Gasteiger partial charge in [0.15, 0.2) is 0 Å². The smallest absolute Gasteiger partial charge is 0.121 e. The Hall–Kier alpha value is -1.73. The largest absolute Gasteiger partial charge is 0.493 e. The zero-order valence-electron chi connectivity index (χ0n) is 9.28. The summed E-state index contributed by atoms with van der Waals surface area (Å²) in [5, 5.41) is 11.6. The maximum absolute atomic E-state index is 8.38. The first-order chi connectivity index (χ1) is 7.86. The van der Waals surface area contributed by atoms with Crippen molar-refractivity contribution in [3.63, 3.8) is 0 Å². The predicted octanol–water partition coefficient (Wildman–Crippen LogP) is 1.74. The van der Waals surface area contributed by atoms with Crippen molar-refractivity contribution in [1.82, 2.24) is 0 Å². The van der Waals surface area contributed by atoms with Crippen LogP contribution in [0.4, 0.5) is 5.69 Å². The minimum absolute atomic E-state index is 0.533. The molecule has 0 aliphatic heterocycles. The van der Waals surface area contributed by atoms with Gasteiger partial charge in [-0.2, -0.15) is 5.26 Å². The zero-order valence-corrected chi connectivity index (χ0v) is 9.28. The number of nitrogens with one attached hydrogen (secondary N) is 1. The Morgan fingerprint density at radius 3 is 3.06 bits per heavy atom. The molecule has 1 aromatic carbocycles. The highest BCUT2D eigenvalue weighted by Crippen LogP contribution is 2.17. The highest BCUT2D eigenvalue weighted by Gasteiger charge is 1.96. The van der Waals surface area contributed by atoms with E-state index < -0.39 is 0 Å². The van der Waals surface area contributed by atoms with E-state index in [1.165, 1.54) is 0 Å². The fourth-order valence-corrected chi connectivity index (χ4v) is 1.25. The van der Waals surface area contributed by atoms with Gasteiger partial charge in [-0.15, -0.1) is 0 Å². The van der Waals surface area contributed by atoms with E-state index in [9.17, 15) is 0 Å². The maximum Gasteiger partial charge on any atom is 0.121 e. The Morgan fingerprint density at radius 1 is 1.44 bits per heavy atom. The van der Waals surface area contributed by atoms with E-state index in [2.05, 4.69) is 11.4 Å². The van der Waals surface area contributed by atoms with Crippen LogP contribution in [-0.2, 0) is 0 Å². The van der Waals surface area contributed by atoms with Gasteiger partial charge in [-0.3, -0.25) is 0 Å². The Morgan fingerprint density at radius 2 is 2.31 bits per heavy atom. The van der Waals surface area contributed by atoms with E-state index in [4.69, 9.17) is 15.7 Å². The first kappa shape index (κ1) is 12.3. The number of nitrogens with zero attached hydrogens (tertiary/aromatic N) is 1. The number of hydrogen-bond donors (Lipinski definition) is 2. The molecule has 1 aromatic rings. The van der Waals surface area contributed by atoms with Crippen LogP contribution in [0, 0.1) is 11.3 Å². The van der Waals surface area contributed by atoms with Gasteiger partial charge >= 0.3 is 0 Å². The van der Waals surface area contributed by atoms with Crippen LogP contribution >= 0.6 is 0 Å². The van der Waals surface area contributed by atoms with Crippen molar-refractivity contribution in [2.24, 2.45) is 5.73 Å². The molecule has 86 valence electrons. The van der Waals surface area contributed by atoms with Gasteiger partial charge in [0.2, 0.25) is 0 Å². The van der Waals surface area contributed by atoms with Crippen molar-refractivity contribution in [3.8, 4) is 11.8 Å². The summed E-state index contributed by atoms with van der Waals surface area (Å²) in [4.78, 5) is 0. The van der Waals surface area contributed by atoms with Gasteiger partial charge in [-0.25, -0.2) is 0 Å². The zero-order chi connectivity index (χ0) is 11.6. The molecule has 0 bridgehead atoms. The van der Waals surface area contributed by atoms with E-state index in [1.807, 2.05) is 24.3 Å². The molecule has 0 aliphatic rings. The average Bonchev–Trinajstić information content (AvgIpc) is 2.33. The van der Waals surface area contributed by atoms with E-state index in [-0.39, 0.29) is 0 Å². The lowest BCUT2D eigenvalue weighted by molar-refractivity contribution is 0.313. The van der Waals surface area contributed by atoms with Crippen molar-refractivity contribution in [2.75, 3.05) is 25.0 Å². The van der Waals surface area contributed by atoms with Crippen LogP contribution in [-0.4, -0.2) is 19.7 Å². The fraction of sp³-hybridized carbons (Fsp3) is 0.417. The predicted molar refractivity (Wildman–Crippen MR) is 64.3 cm³/mol. The highest BCUT2D eigenvalue weighted by atomic mass is 16.5. The normalized spacial score (nSPS) is 9.50. The van der Waals surface area contributed by atoms with Crippen molar-refractivity contribution in [2.45, 2.75) is 12.8 Å². The molecule has 0 amide bonds. The molecular weight excluding hydrogens is 202 g/mol. The fourth-order valence-electron chi connectivity index (χ4n) is 1.25. The standard InChI is InChI=1S/C12H17N3O/c13-6-1-2-9-16-12-5-3-4-11(10-12)15-8-7-14/h3-5,10,15H,1-2,7-9,14H2. The number of nitrogens with two attached hydrogens (primary N) is 1. The van der Waals surface area contributed by atoms with Crippen LogP contribution in [0.1, 0.15) is 12.8 Å². The molecule has 0 radical (unpaired) electrons. The topological polar surface area (TPSA) is 71.1 Å². The summed E-state index contributed by atoms with van der Waals surface area (Å²) in [6.45, 7) is 1.93. The number of benzene rings is 1. The van der Waals surface area contributed by atoms with Gasteiger partial charge in [0.05, 0.1) is 12.7 Å². The molecule has 0 spiro atoms. The SMILES string of the molecule is N#CCCCOc1cccc(NCCN)c1. The number of nitriles is 1. The highest BCUT2D eigenvalue weighted by molar-refractivity contribution is 5.48. The molecule has 0 aliphatic carbocycles. The Labute approximate surface area is 96.0 Å². The number of anilines is 1. The van der Waals surface area contributed by atoms with Gasteiger partial charge in [-0.1, -0.05) is 6.07 Å². The van der Waals surface area contributed by atoms with Gasteiger partial charge < -0.3 is 15.8 Å². The average molecular weight is 219 g/mol. The Kier molecular flexibility index (Phi) is 5.82. The first-order valence-corrected chi connectivity index (χ1v) is 5.40. The van der Waals surface area contributed by atoms with Crippen molar-refractivity contribution in [1.29, 1.82) is 5.26 Å². The monoisotopic (exact) mass is 219 g/mol. The van der Waals surface area contributed by atoms with Crippen molar-refractivity contribution in [3.05, 3.63) is 24.3 Å². The molecule has 4 heteroatoms. The Balaban J connectivity index is 2.38. The van der Waals surface area contributed by atoms with Gasteiger partial charge in [0, 0.05) is 31.3 Å². The lowest BCUT2D eigenvalue weighted by atomic mass is 10.3. The quantitative estimate of drug-likeness (QED) is 0.685. The third-order valence-electron chi connectivity index (χ3n) is 2.01. The molecule has 0 unspecified atom stereocenters. The second kappa shape index (κ2) is 7.55. The second-order valence-electron chi connectivity index (χ2n) is 3.35. The summed E-state index contributed by atoms with van der Waals surface area (Å²) in [5.74, 6) is 0.819. The number of hydrogen-bond acceptors (Lipinski definition) is 4. The molecule has 3 N–H and O–H groups in total. The van der Waals surface area contributed by atoms with E-state index in [0.717, 1.165) is 24.4 Å². The van der Waals surface area contributed by atoms with E-state index in [1.54, 1.807) is 0 Å². The molecule has 16 heavy (non-hydrogen) atoms. The number of rotatable bonds is 7. The molecule has 0 atom stereocenters. The van der Waals surface area contributed by atoms with E-state index >= 15 is 0 Å². The number of unbranched alkanes of at least 4 members (excludes halogenated alkanes) is 1. The maximum atomic E-state index is 8.38. The minimum Gasteiger partial charge on any atom is -0.493 e. The second-order valence-corrected chi connectivity index (χ2v) is 3.35. The van der Waals surface area contributed by atoms with Crippen LogP contribution in [0.5, 0.6) is 5.75 Å². The van der Waals surface area contributed by atoms with Gasteiger partial charge in [0.25, 0.3) is 0 Å². The summed E-state index contributed by atoms with van der Waals surface area (Å²) in [6.07, 6.45) is 1.29. The van der Waals surface area contributed by atoms with Crippen LogP contribution in [0.3, 0.4) is 0 Å². The first-order valence-electron chi connectivity index (χ1n) is 5.40.